The van der Waals surface area contributed by atoms with Gasteiger partial charge in [-0.2, -0.15) is 0 Å². The summed E-state index contributed by atoms with van der Waals surface area (Å²) in [6.45, 7) is 9.14. The van der Waals surface area contributed by atoms with E-state index in [1.165, 1.54) is 0 Å². The molecule has 0 spiro atoms. The lowest BCUT2D eigenvalue weighted by Gasteiger charge is -2.21. The summed E-state index contributed by atoms with van der Waals surface area (Å²) < 4.78 is 5.07. The molecular weight excluding hydrogens is 232 g/mol. The summed E-state index contributed by atoms with van der Waals surface area (Å²) in [5, 5.41) is 2.50. The highest BCUT2D eigenvalue weighted by atomic mass is 16.6. The first-order valence-corrected chi connectivity index (χ1v) is 6.56. The maximum atomic E-state index is 11.8. The maximum Gasteiger partial charge on any atom is 0.408 e. The number of nitrogens with one attached hydrogen (secondary N) is 1. The molecule has 1 aliphatic rings. The van der Waals surface area contributed by atoms with Crippen LogP contribution in [0, 0.1) is 5.92 Å². The number of nitrogens with zero attached hydrogens (tertiary/aromatic N) is 1. The third-order valence-electron chi connectivity index (χ3n) is 3.00. The largest absolute Gasteiger partial charge is 0.444 e. The number of hydrogen-bond acceptors (Lipinski definition) is 3. The van der Waals surface area contributed by atoms with E-state index in [1.54, 1.807) is 20.8 Å². The van der Waals surface area contributed by atoms with Crippen molar-refractivity contribution >= 4 is 12.0 Å². The number of carbonyl (C=O) groups excluding carboxylic acids is 2. The van der Waals surface area contributed by atoms with Crippen LogP contribution in [0.3, 0.4) is 0 Å². The van der Waals surface area contributed by atoms with Crippen LogP contribution >= 0.6 is 0 Å². The van der Waals surface area contributed by atoms with Crippen molar-refractivity contribution in [3.8, 4) is 0 Å². The van der Waals surface area contributed by atoms with E-state index in [0.29, 0.717) is 5.92 Å². The molecule has 0 aromatic carbocycles. The highest BCUT2D eigenvalue weighted by Gasteiger charge is 2.25. The molecule has 1 fully saturated rings. The van der Waals surface area contributed by atoms with E-state index in [-0.39, 0.29) is 12.5 Å². The summed E-state index contributed by atoms with van der Waals surface area (Å²) in [5.74, 6) is 0.576. The predicted molar refractivity (Wildman–Crippen MR) is 69.2 cm³/mol. The van der Waals surface area contributed by atoms with Crippen LogP contribution < -0.4 is 5.32 Å². The molecule has 0 saturated carbocycles. The first kappa shape index (κ1) is 14.8. The fraction of sp³-hybridized carbons (Fsp3) is 0.846. The second-order valence-electron chi connectivity index (χ2n) is 5.76. The molecule has 1 aliphatic heterocycles. The van der Waals surface area contributed by atoms with Gasteiger partial charge in [0.25, 0.3) is 0 Å². The Labute approximate surface area is 109 Å². The van der Waals surface area contributed by atoms with Gasteiger partial charge in [0.2, 0.25) is 5.91 Å². The van der Waals surface area contributed by atoms with Crippen molar-refractivity contribution in [1.29, 1.82) is 0 Å². The van der Waals surface area contributed by atoms with Crippen LogP contribution in [0.5, 0.6) is 0 Å². The Kier molecular flexibility index (Phi) is 4.99. The molecule has 1 N–H and O–H groups in total. The minimum atomic E-state index is -0.540. The topological polar surface area (TPSA) is 58.6 Å². The van der Waals surface area contributed by atoms with Gasteiger partial charge in [0.1, 0.15) is 12.1 Å². The minimum Gasteiger partial charge on any atom is -0.444 e. The van der Waals surface area contributed by atoms with Crippen molar-refractivity contribution < 1.29 is 14.3 Å². The number of hydrogen-bond donors (Lipinski definition) is 1. The molecule has 0 bridgehead atoms. The lowest BCUT2D eigenvalue weighted by atomic mass is 10.1. The van der Waals surface area contributed by atoms with Gasteiger partial charge in [-0.1, -0.05) is 13.3 Å². The number of carbonyl (C=O) groups is 2. The van der Waals surface area contributed by atoms with Crippen LogP contribution in [-0.4, -0.2) is 42.1 Å². The Morgan fingerprint density at radius 1 is 1.39 bits per heavy atom. The van der Waals surface area contributed by atoms with E-state index in [9.17, 15) is 9.59 Å². The molecule has 1 heterocycles. The van der Waals surface area contributed by atoms with Gasteiger partial charge in [0.05, 0.1) is 0 Å². The van der Waals surface area contributed by atoms with Gasteiger partial charge >= 0.3 is 6.09 Å². The van der Waals surface area contributed by atoms with Crippen molar-refractivity contribution in [2.24, 2.45) is 5.92 Å². The van der Waals surface area contributed by atoms with Gasteiger partial charge in [0, 0.05) is 13.1 Å². The molecule has 5 nitrogen and oxygen atoms in total. The van der Waals surface area contributed by atoms with Crippen molar-refractivity contribution in [1.82, 2.24) is 10.2 Å². The second kappa shape index (κ2) is 6.07. The Bertz CT molecular complexity index is 310. The molecule has 1 atom stereocenters. The van der Waals surface area contributed by atoms with Crippen molar-refractivity contribution in [2.75, 3.05) is 19.6 Å². The maximum absolute atomic E-state index is 11.8. The lowest BCUT2D eigenvalue weighted by Crippen LogP contribution is -2.41. The minimum absolute atomic E-state index is 0.0192. The number of rotatable bonds is 3. The first-order valence-electron chi connectivity index (χ1n) is 6.56. The van der Waals surface area contributed by atoms with Gasteiger partial charge in [0.15, 0.2) is 0 Å². The monoisotopic (exact) mass is 256 g/mol. The van der Waals surface area contributed by atoms with Crippen molar-refractivity contribution in [3.63, 3.8) is 0 Å². The Morgan fingerprint density at radius 3 is 2.56 bits per heavy atom. The van der Waals surface area contributed by atoms with Crippen molar-refractivity contribution in [3.05, 3.63) is 0 Å². The average molecular weight is 256 g/mol. The number of alkyl carbamates (subject to hydrolysis) is 1. The van der Waals surface area contributed by atoms with Crippen LogP contribution in [0.1, 0.15) is 40.5 Å². The summed E-state index contributed by atoms with van der Waals surface area (Å²) in [5.41, 5.74) is -0.534. The van der Waals surface area contributed by atoms with E-state index in [0.717, 1.165) is 25.9 Å². The van der Waals surface area contributed by atoms with Gasteiger partial charge in [-0.15, -0.1) is 0 Å². The molecule has 1 rings (SSSR count). The number of amides is 2. The molecule has 1 saturated heterocycles. The summed E-state index contributed by atoms with van der Waals surface area (Å²) in [4.78, 5) is 25.0. The Morgan fingerprint density at radius 2 is 2.06 bits per heavy atom. The quantitative estimate of drug-likeness (QED) is 0.837. The van der Waals surface area contributed by atoms with E-state index >= 15 is 0 Å². The van der Waals surface area contributed by atoms with Crippen LogP contribution in [0.4, 0.5) is 4.79 Å². The molecule has 0 aromatic rings. The molecule has 0 aliphatic carbocycles. The standard InChI is InChI=1S/C13H24N2O3/c1-5-10-6-7-15(9-10)11(16)8-14-12(17)18-13(2,3)4/h10H,5-9H2,1-4H3,(H,14,17). The van der Waals surface area contributed by atoms with E-state index in [2.05, 4.69) is 12.2 Å². The third kappa shape index (κ3) is 4.94. The highest BCUT2D eigenvalue weighted by Crippen LogP contribution is 2.18. The fourth-order valence-corrected chi connectivity index (χ4v) is 1.97. The van der Waals surface area contributed by atoms with Crippen LogP contribution in [0.25, 0.3) is 0 Å². The van der Waals surface area contributed by atoms with Crippen LogP contribution in [0.2, 0.25) is 0 Å². The molecule has 1 unspecified atom stereocenters. The second-order valence-corrected chi connectivity index (χ2v) is 5.76. The smallest absolute Gasteiger partial charge is 0.408 e. The first-order chi connectivity index (χ1) is 8.31. The third-order valence-corrected chi connectivity index (χ3v) is 3.00. The zero-order chi connectivity index (χ0) is 13.8. The normalized spacial score (nSPS) is 19.8. The SMILES string of the molecule is CCC1CCN(C(=O)CNC(=O)OC(C)(C)C)C1. The number of ether oxygens (including phenoxy) is 1. The molecule has 0 radical (unpaired) electrons. The van der Waals surface area contributed by atoms with Gasteiger partial charge in [-0.3, -0.25) is 4.79 Å². The average Bonchev–Trinajstić information content (AvgIpc) is 2.72. The lowest BCUT2D eigenvalue weighted by molar-refractivity contribution is -0.129. The van der Waals surface area contributed by atoms with Gasteiger partial charge in [-0.05, 0) is 33.1 Å². The van der Waals surface area contributed by atoms with Gasteiger partial charge in [-0.25, -0.2) is 4.79 Å². The van der Waals surface area contributed by atoms with E-state index in [4.69, 9.17) is 4.74 Å². The molecular formula is C13H24N2O3. The fourth-order valence-electron chi connectivity index (χ4n) is 1.97. The molecule has 18 heavy (non-hydrogen) atoms. The summed E-state index contributed by atoms with van der Waals surface area (Å²) in [7, 11) is 0. The summed E-state index contributed by atoms with van der Waals surface area (Å²) in [6, 6.07) is 0. The molecule has 104 valence electrons. The molecule has 5 heteroatoms. The van der Waals surface area contributed by atoms with E-state index in [1.807, 2.05) is 4.90 Å². The summed E-state index contributed by atoms with van der Waals surface area (Å²) in [6.07, 6.45) is 1.62. The molecule has 2 amide bonds. The number of likely N-dealkylation sites (tertiary alicyclic amines) is 1. The van der Waals surface area contributed by atoms with Gasteiger partial charge < -0.3 is 15.0 Å². The molecule has 0 aromatic heterocycles. The van der Waals surface area contributed by atoms with E-state index < -0.39 is 11.7 Å². The zero-order valence-corrected chi connectivity index (χ0v) is 11.8. The Balaban J connectivity index is 2.27. The van der Waals surface area contributed by atoms with Crippen LogP contribution in [-0.2, 0) is 9.53 Å². The highest BCUT2D eigenvalue weighted by molar-refractivity contribution is 5.82. The predicted octanol–water partition coefficient (Wildman–Crippen LogP) is 1.77. The zero-order valence-electron chi connectivity index (χ0n) is 11.8. The summed E-state index contributed by atoms with van der Waals surface area (Å²) >= 11 is 0. The van der Waals surface area contributed by atoms with Crippen molar-refractivity contribution in [2.45, 2.75) is 46.1 Å². The Hall–Kier alpha value is -1.26. The van der Waals surface area contributed by atoms with Crippen LogP contribution in [0.15, 0.2) is 0 Å².